The van der Waals surface area contributed by atoms with Crippen LogP contribution in [-0.2, 0) is 19.6 Å². The number of nitrogens with zero attached hydrogens (tertiary/aromatic N) is 2. The standard InChI is InChI=1S/C21H30N2O5S/c1-16-8-12-22(13-9-16)20(24)15-28-21(25)18-7-6-17(2)19(14-18)29(26,27)23-10-4-3-5-11-23/h6-7,14,16H,3-5,8-13,15H2,1-2H3. The monoisotopic (exact) mass is 422 g/mol. The van der Waals surface area contributed by atoms with Crippen LogP contribution in [0.4, 0.5) is 0 Å². The van der Waals surface area contributed by atoms with E-state index in [1.807, 2.05) is 0 Å². The fourth-order valence-corrected chi connectivity index (χ4v) is 5.58. The molecule has 0 radical (unpaired) electrons. The van der Waals surface area contributed by atoms with Gasteiger partial charge in [0.1, 0.15) is 0 Å². The summed E-state index contributed by atoms with van der Waals surface area (Å²) in [5, 5.41) is 0. The molecule has 7 nitrogen and oxygen atoms in total. The molecule has 0 N–H and O–H groups in total. The van der Waals surface area contributed by atoms with Crippen molar-refractivity contribution in [2.45, 2.75) is 50.8 Å². The smallest absolute Gasteiger partial charge is 0.338 e. The van der Waals surface area contributed by atoms with E-state index >= 15 is 0 Å². The maximum atomic E-state index is 13.0. The van der Waals surface area contributed by atoms with E-state index in [4.69, 9.17) is 4.74 Å². The number of aryl methyl sites for hydroxylation is 1. The minimum atomic E-state index is -3.65. The average Bonchev–Trinajstić information content (AvgIpc) is 2.73. The molecule has 0 bridgehead atoms. The van der Waals surface area contributed by atoms with Crippen LogP contribution in [0.15, 0.2) is 23.1 Å². The van der Waals surface area contributed by atoms with E-state index in [9.17, 15) is 18.0 Å². The Morgan fingerprint density at radius 3 is 2.38 bits per heavy atom. The molecule has 2 fully saturated rings. The fraction of sp³-hybridized carbons (Fsp3) is 0.619. The van der Waals surface area contributed by atoms with E-state index in [1.165, 1.54) is 10.4 Å². The number of hydrogen-bond acceptors (Lipinski definition) is 5. The number of rotatable bonds is 5. The lowest BCUT2D eigenvalue weighted by atomic mass is 9.99. The highest BCUT2D eigenvalue weighted by Gasteiger charge is 2.28. The fourth-order valence-electron chi connectivity index (χ4n) is 3.81. The Morgan fingerprint density at radius 2 is 1.72 bits per heavy atom. The summed E-state index contributed by atoms with van der Waals surface area (Å²) in [5.74, 6) is -0.285. The molecule has 160 valence electrons. The Morgan fingerprint density at radius 1 is 1.07 bits per heavy atom. The lowest BCUT2D eigenvalue weighted by Crippen LogP contribution is -2.40. The van der Waals surface area contributed by atoms with E-state index in [2.05, 4.69) is 6.92 Å². The van der Waals surface area contributed by atoms with Gasteiger partial charge < -0.3 is 9.64 Å². The third-order valence-electron chi connectivity index (χ3n) is 5.82. The summed E-state index contributed by atoms with van der Waals surface area (Å²) < 4.78 is 32.7. The summed E-state index contributed by atoms with van der Waals surface area (Å²) >= 11 is 0. The first-order valence-corrected chi connectivity index (χ1v) is 11.8. The van der Waals surface area contributed by atoms with Crippen molar-refractivity contribution in [3.8, 4) is 0 Å². The van der Waals surface area contributed by atoms with Crippen molar-refractivity contribution in [2.75, 3.05) is 32.8 Å². The van der Waals surface area contributed by atoms with Crippen LogP contribution in [-0.4, -0.2) is 62.3 Å². The van der Waals surface area contributed by atoms with Gasteiger partial charge in [-0.25, -0.2) is 13.2 Å². The molecular formula is C21H30N2O5S. The number of amides is 1. The molecule has 2 aliphatic heterocycles. The van der Waals surface area contributed by atoms with Gasteiger partial charge in [0.25, 0.3) is 5.91 Å². The molecule has 0 unspecified atom stereocenters. The minimum absolute atomic E-state index is 0.130. The molecule has 2 heterocycles. The Hall–Kier alpha value is -1.93. The van der Waals surface area contributed by atoms with Crippen molar-refractivity contribution in [1.82, 2.24) is 9.21 Å². The molecule has 1 aromatic rings. The molecule has 1 amide bonds. The summed E-state index contributed by atoms with van der Waals surface area (Å²) in [4.78, 5) is 26.6. The van der Waals surface area contributed by atoms with Gasteiger partial charge in [-0.2, -0.15) is 4.31 Å². The SMILES string of the molecule is Cc1ccc(C(=O)OCC(=O)N2CCC(C)CC2)cc1S(=O)(=O)N1CCCCC1. The average molecular weight is 423 g/mol. The molecule has 2 aliphatic rings. The normalized spacial score (nSPS) is 19.2. The van der Waals surface area contributed by atoms with Crippen molar-refractivity contribution in [2.24, 2.45) is 5.92 Å². The molecule has 1 aromatic carbocycles. The van der Waals surface area contributed by atoms with E-state index < -0.39 is 16.0 Å². The molecule has 0 aliphatic carbocycles. The number of piperidine rings is 2. The van der Waals surface area contributed by atoms with Gasteiger partial charge in [-0.3, -0.25) is 4.79 Å². The molecule has 2 saturated heterocycles. The molecule has 3 rings (SSSR count). The van der Waals surface area contributed by atoms with Crippen molar-refractivity contribution in [3.05, 3.63) is 29.3 Å². The summed E-state index contributed by atoms with van der Waals surface area (Å²) in [6.45, 7) is 5.91. The Labute approximate surface area is 173 Å². The summed E-state index contributed by atoms with van der Waals surface area (Å²) in [6, 6.07) is 4.52. The Kier molecular flexibility index (Phi) is 6.95. The molecular weight excluding hydrogens is 392 g/mol. The minimum Gasteiger partial charge on any atom is -0.452 e. The highest BCUT2D eigenvalue weighted by atomic mass is 32.2. The third-order valence-corrected chi connectivity index (χ3v) is 7.86. The predicted molar refractivity (Wildman–Crippen MR) is 109 cm³/mol. The number of sulfonamides is 1. The second-order valence-corrected chi connectivity index (χ2v) is 9.99. The van der Waals surface area contributed by atoms with Gasteiger partial charge in [0.05, 0.1) is 10.5 Å². The van der Waals surface area contributed by atoms with Crippen LogP contribution >= 0.6 is 0 Å². The molecule has 0 saturated carbocycles. The largest absolute Gasteiger partial charge is 0.452 e. The Bertz CT molecular complexity index is 854. The lowest BCUT2D eigenvalue weighted by molar-refractivity contribution is -0.135. The number of likely N-dealkylation sites (tertiary alicyclic amines) is 1. The number of benzene rings is 1. The predicted octanol–water partition coefficient (Wildman–Crippen LogP) is 2.58. The molecule has 29 heavy (non-hydrogen) atoms. The van der Waals surface area contributed by atoms with Crippen LogP contribution in [0.25, 0.3) is 0 Å². The zero-order chi connectivity index (χ0) is 21.0. The van der Waals surface area contributed by atoms with E-state index in [0.29, 0.717) is 37.7 Å². The zero-order valence-corrected chi connectivity index (χ0v) is 18.0. The van der Waals surface area contributed by atoms with Crippen LogP contribution in [0.2, 0.25) is 0 Å². The van der Waals surface area contributed by atoms with Gasteiger partial charge in [-0.05, 0) is 56.2 Å². The molecule has 0 spiro atoms. The second-order valence-electron chi connectivity index (χ2n) is 8.08. The van der Waals surface area contributed by atoms with Crippen molar-refractivity contribution >= 4 is 21.9 Å². The second kappa shape index (κ2) is 9.26. The third kappa shape index (κ3) is 5.17. The number of esters is 1. The van der Waals surface area contributed by atoms with Crippen molar-refractivity contribution in [3.63, 3.8) is 0 Å². The van der Waals surface area contributed by atoms with Crippen molar-refractivity contribution in [1.29, 1.82) is 0 Å². The number of carbonyl (C=O) groups excluding carboxylic acids is 2. The first-order chi connectivity index (χ1) is 13.8. The summed E-state index contributed by atoms with van der Waals surface area (Å²) in [5.41, 5.74) is 0.733. The molecule has 0 aromatic heterocycles. The summed E-state index contributed by atoms with van der Waals surface area (Å²) in [7, 11) is -3.65. The first-order valence-electron chi connectivity index (χ1n) is 10.3. The van der Waals surface area contributed by atoms with Gasteiger partial charge >= 0.3 is 5.97 Å². The Balaban J connectivity index is 1.67. The van der Waals surface area contributed by atoms with Gasteiger partial charge in [0.15, 0.2) is 6.61 Å². The number of ether oxygens (including phenoxy) is 1. The molecule has 0 atom stereocenters. The van der Waals surface area contributed by atoms with Crippen LogP contribution < -0.4 is 0 Å². The van der Waals surface area contributed by atoms with Gasteiger partial charge in [0.2, 0.25) is 10.0 Å². The summed E-state index contributed by atoms with van der Waals surface area (Å²) in [6.07, 6.45) is 4.63. The van der Waals surface area contributed by atoms with E-state index in [1.54, 1.807) is 24.0 Å². The zero-order valence-electron chi connectivity index (χ0n) is 17.2. The number of carbonyl (C=O) groups is 2. The highest BCUT2D eigenvalue weighted by molar-refractivity contribution is 7.89. The maximum Gasteiger partial charge on any atom is 0.338 e. The van der Waals surface area contributed by atoms with Crippen molar-refractivity contribution < 1.29 is 22.7 Å². The van der Waals surface area contributed by atoms with Crippen LogP contribution in [0.1, 0.15) is 54.9 Å². The van der Waals surface area contributed by atoms with Gasteiger partial charge in [-0.1, -0.05) is 19.4 Å². The van der Waals surface area contributed by atoms with E-state index in [0.717, 1.165) is 32.1 Å². The van der Waals surface area contributed by atoms with Crippen LogP contribution in [0.3, 0.4) is 0 Å². The van der Waals surface area contributed by atoms with Gasteiger partial charge in [-0.15, -0.1) is 0 Å². The van der Waals surface area contributed by atoms with Gasteiger partial charge in [0, 0.05) is 26.2 Å². The van der Waals surface area contributed by atoms with Crippen LogP contribution in [0.5, 0.6) is 0 Å². The van der Waals surface area contributed by atoms with E-state index in [-0.39, 0.29) is 23.0 Å². The lowest BCUT2D eigenvalue weighted by Gasteiger charge is -2.30. The van der Waals surface area contributed by atoms with Crippen LogP contribution in [0, 0.1) is 12.8 Å². The maximum absolute atomic E-state index is 13.0. The highest BCUT2D eigenvalue weighted by Crippen LogP contribution is 2.24. The quantitative estimate of drug-likeness (QED) is 0.681. The topological polar surface area (TPSA) is 84.0 Å². The number of hydrogen-bond donors (Lipinski definition) is 0. The molecule has 8 heteroatoms. The first kappa shape index (κ1) is 21.8.